The number of aromatic nitrogens is 2. The predicted octanol–water partition coefficient (Wildman–Crippen LogP) is 3.61. The second-order valence-corrected chi connectivity index (χ2v) is 5.52. The minimum absolute atomic E-state index is 0.145. The van der Waals surface area contributed by atoms with Gasteiger partial charge in [0.05, 0.1) is 11.9 Å². The van der Waals surface area contributed by atoms with Crippen molar-refractivity contribution in [2.24, 2.45) is 7.05 Å². The maximum absolute atomic E-state index is 13.9. The fraction of sp³-hybridized carbons (Fsp3) is 0.200. The molecule has 0 aliphatic heterocycles. The lowest BCUT2D eigenvalue weighted by Crippen LogP contribution is -2.18. The number of nitrogens with zero attached hydrogens (tertiary/aromatic N) is 2. The molecule has 6 heteroatoms. The topological polar surface area (TPSA) is 46.9 Å². The molecule has 0 unspecified atom stereocenters. The molecule has 0 bridgehead atoms. The molecule has 2 rings (SSSR count). The van der Waals surface area contributed by atoms with E-state index < -0.39 is 11.7 Å². The number of aryl methyl sites for hydroxylation is 2. The van der Waals surface area contributed by atoms with Gasteiger partial charge in [-0.15, -0.1) is 6.58 Å². The van der Waals surface area contributed by atoms with Gasteiger partial charge >= 0.3 is 0 Å². The summed E-state index contributed by atoms with van der Waals surface area (Å²) in [6, 6.07) is 2.92. The Hall–Kier alpha value is -1.95. The molecule has 1 heterocycles. The zero-order valence-corrected chi connectivity index (χ0v) is 13.4. The van der Waals surface area contributed by atoms with Crippen LogP contribution in [0, 0.1) is 12.7 Å². The van der Waals surface area contributed by atoms with Gasteiger partial charge in [-0.3, -0.25) is 9.48 Å². The average Bonchev–Trinajstić information content (AvgIpc) is 2.77. The van der Waals surface area contributed by atoms with E-state index >= 15 is 0 Å². The zero-order valence-electron chi connectivity index (χ0n) is 11.8. The van der Waals surface area contributed by atoms with Crippen molar-refractivity contribution < 1.29 is 9.18 Å². The lowest BCUT2D eigenvalue weighted by Gasteiger charge is -2.10. The summed E-state index contributed by atoms with van der Waals surface area (Å²) in [6.45, 7) is 5.48. The molecule has 0 aliphatic carbocycles. The van der Waals surface area contributed by atoms with E-state index in [0.29, 0.717) is 16.6 Å². The van der Waals surface area contributed by atoms with Crippen molar-refractivity contribution in [1.82, 2.24) is 9.78 Å². The predicted molar refractivity (Wildman–Crippen MR) is 83.9 cm³/mol. The highest BCUT2D eigenvalue weighted by molar-refractivity contribution is 9.10. The first-order valence-electron chi connectivity index (χ1n) is 6.32. The molecule has 0 aliphatic rings. The number of carbonyl (C=O) groups is 1. The monoisotopic (exact) mass is 351 g/mol. The number of hydrogen-bond donors (Lipinski definition) is 1. The number of anilines is 1. The summed E-state index contributed by atoms with van der Waals surface area (Å²) in [5, 5.41) is 6.65. The van der Waals surface area contributed by atoms with E-state index in [-0.39, 0.29) is 5.69 Å². The molecule has 0 radical (unpaired) electrons. The summed E-state index contributed by atoms with van der Waals surface area (Å²) < 4.78 is 16.0. The van der Waals surface area contributed by atoms with Crippen LogP contribution in [0.3, 0.4) is 0 Å². The Morgan fingerprint density at radius 2 is 2.29 bits per heavy atom. The minimum Gasteiger partial charge on any atom is -0.318 e. The van der Waals surface area contributed by atoms with Crippen LogP contribution in [-0.4, -0.2) is 15.7 Å². The van der Waals surface area contributed by atoms with E-state index in [2.05, 4.69) is 32.9 Å². The van der Waals surface area contributed by atoms with E-state index in [9.17, 15) is 9.18 Å². The third-order valence-corrected chi connectivity index (χ3v) is 3.94. The summed E-state index contributed by atoms with van der Waals surface area (Å²) in [5.41, 5.74) is 2.13. The fourth-order valence-corrected chi connectivity index (χ4v) is 2.33. The van der Waals surface area contributed by atoms with Crippen LogP contribution in [0.25, 0.3) is 0 Å². The maximum atomic E-state index is 13.9. The zero-order chi connectivity index (χ0) is 15.6. The lowest BCUT2D eigenvalue weighted by molar-refractivity contribution is 0.101. The Balaban J connectivity index is 2.32. The van der Waals surface area contributed by atoms with E-state index in [1.807, 2.05) is 6.92 Å². The molecule has 1 amide bonds. The quantitative estimate of drug-likeness (QED) is 0.855. The smallest absolute Gasteiger partial charge is 0.274 e. The van der Waals surface area contributed by atoms with Crippen LogP contribution in [0.5, 0.6) is 0 Å². The van der Waals surface area contributed by atoms with Gasteiger partial charge in [-0.25, -0.2) is 4.39 Å². The van der Waals surface area contributed by atoms with Crippen LogP contribution < -0.4 is 5.32 Å². The molecule has 0 spiro atoms. The second kappa shape index (κ2) is 6.22. The summed E-state index contributed by atoms with van der Waals surface area (Å²) in [4.78, 5) is 12.4. The first-order chi connectivity index (χ1) is 9.93. The second-order valence-electron chi connectivity index (χ2n) is 4.67. The van der Waals surface area contributed by atoms with Crippen LogP contribution >= 0.6 is 15.9 Å². The van der Waals surface area contributed by atoms with Gasteiger partial charge in [0, 0.05) is 17.1 Å². The highest BCUT2D eigenvalue weighted by Gasteiger charge is 2.18. The Morgan fingerprint density at radius 1 is 1.57 bits per heavy atom. The fourth-order valence-electron chi connectivity index (χ4n) is 2.02. The van der Waals surface area contributed by atoms with Gasteiger partial charge < -0.3 is 5.32 Å². The van der Waals surface area contributed by atoms with Crippen LogP contribution in [0.2, 0.25) is 0 Å². The van der Waals surface area contributed by atoms with Gasteiger partial charge in [0.2, 0.25) is 0 Å². The van der Waals surface area contributed by atoms with Crippen molar-refractivity contribution in [1.29, 1.82) is 0 Å². The van der Waals surface area contributed by atoms with Gasteiger partial charge in [0.25, 0.3) is 5.91 Å². The van der Waals surface area contributed by atoms with E-state index in [4.69, 9.17) is 0 Å². The summed E-state index contributed by atoms with van der Waals surface area (Å²) >= 11 is 3.25. The Bertz CT molecular complexity index is 709. The molecule has 1 aromatic carbocycles. The maximum Gasteiger partial charge on any atom is 0.274 e. The Labute approximate surface area is 130 Å². The highest BCUT2D eigenvalue weighted by atomic mass is 79.9. The normalized spacial score (nSPS) is 10.5. The molecule has 1 N–H and O–H groups in total. The number of allylic oxidation sites excluding steroid dienone is 1. The van der Waals surface area contributed by atoms with Gasteiger partial charge in [0.1, 0.15) is 11.5 Å². The molecule has 21 heavy (non-hydrogen) atoms. The van der Waals surface area contributed by atoms with Crippen molar-refractivity contribution in [2.45, 2.75) is 13.3 Å². The number of benzene rings is 1. The Kier molecular flexibility index (Phi) is 4.57. The molecule has 2 aromatic rings. The largest absolute Gasteiger partial charge is 0.318 e. The van der Waals surface area contributed by atoms with E-state index in [0.717, 1.165) is 11.1 Å². The number of halogens is 2. The molecule has 0 atom stereocenters. The van der Waals surface area contributed by atoms with Gasteiger partial charge in [-0.05, 0) is 31.0 Å². The molecule has 0 saturated carbocycles. The molecule has 0 saturated heterocycles. The standard InChI is InChI=1S/C15H15BrFN3O/c1-4-5-10-8-18-20(3)14(10)15(21)19-13-6-9(2)11(16)7-12(13)17/h4,6-8H,1,5H2,2-3H3,(H,19,21). The van der Waals surface area contributed by atoms with E-state index in [1.165, 1.54) is 10.7 Å². The van der Waals surface area contributed by atoms with Crippen molar-refractivity contribution in [3.05, 3.63) is 58.1 Å². The molecule has 110 valence electrons. The first-order valence-corrected chi connectivity index (χ1v) is 7.12. The van der Waals surface area contributed by atoms with E-state index in [1.54, 1.807) is 25.4 Å². The summed E-state index contributed by atoms with van der Waals surface area (Å²) in [6.07, 6.45) is 3.83. The summed E-state index contributed by atoms with van der Waals surface area (Å²) in [7, 11) is 1.67. The number of hydrogen-bond acceptors (Lipinski definition) is 2. The van der Waals surface area contributed by atoms with Crippen LogP contribution in [0.4, 0.5) is 10.1 Å². The van der Waals surface area contributed by atoms with Crippen molar-refractivity contribution in [3.63, 3.8) is 0 Å². The first kappa shape index (κ1) is 15.4. The van der Waals surface area contributed by atoms with Gasteiger partial charge in [0.15, 0.2) is 0 Å². The number of amides is 1. The molecular formula is C15H15BrFN3O. The third-order valence-electron chi connectivity index (χ3n) is 3.09. The van der Waals surface area contributed by atoms with Gasteiger partial charge in [-0.2, -0.15) is 5.10 Å². The lowest BCUT2D eigenvalue weighted by atomic mass is 10.1. The van der Waals surface area contributed by atoms with Crippen molar-refractivity contribution in [3.8, 4) is 0 Å². The molecule has 1 aromatic heterocycles. The van der Waals surface area contributed by atoms with Gasteiger partial charge in [-0.1, -0.05) is 22.0 Å². The minimum atomic E-state index is -0.492. The van der Waals surface area contributed by atoms with Crippen LogP contribution in [-0.2, 0) is 13.5 Å². The third kappa shape index (κ3) is 3.21. The van der Waals surface area contributed by atoms with Crippen molar-refractivity contribution in [2.75, 3.05) is 5.32 Å². The average molecular weight is 352 g/mol. The number of nitrogens with one attached hydrogen (secondary N) is 1. The van der Waals surface area contributed by atoms with Crippen LogP contribution in [0.15, 0.2) is 35.5 Å². The SMILES string of the molecule is C=CCc1cnn(C)c1C(=O)Nc1cc(C)c(Br)cc1F. The van der Waals surface area contributed by atoms with Crippen molar-refractivity contribution >= 4 is 27.5 Å². The van der Waals surface area contributed by atoms with Crippen LogP contribution in [0.1, 0.15) is 21.6 Å². The molecule has 4 nitrogen and oxygen atoms in total. The number of carbonyl (C=O) groups excluding carboxylic acids is 1. The number of rotatable bonds is 4. The summed E-state index contributed by atoms with van der Waals surface area (Å²) in [5.74, 6) is -0.888. The molecular weight excluding hydrogens is 337 g/mol. The Morgan fingerprint density at radius 3 is 2.95 bits per heavy atom. The molecule has 0 fully saturated rings. The highest BCUT2D eigenvalue weighted by Crippen LogP contribution is 2.24.